The van der Waals surface area contributed by atoms with Crippen molar-refractivity contribution in [2.45, 2.75) is 44.4 Å². The summed E-state index contributed by atoms with van der Waals surface area (Å²) in [5, 5.41) is 0. The van der Waals surface area contributed by atoms with Gasteiger partial charge in [0.2, 0.25) is 5.91 Å². The zero-order chi connectivity index (χ0) is 11.4. The molecule has 2 rings (SSSR count). The summed E-state index contributed by atoms with van der Waals surface area (Å²) >= 11 is 0. The molecule has 0 aliphatic heterocycles. The van der Waals surface area contributed by atoms with Crippen molar-refractivity contribution in [3.05, 3.63) is 17.7 Å². The van der Waals surface area contributed by atoms with Gasteiger partial charge in [0.05, 0.1) is 0 Å². The van der Waals surface area contributed by atoms with E-state index in [1.54, 1.807) is 0 Å². The Morgan fingerprint density at radius 3 is 3.00 bits per heavy atom. The Bertz CT molecular complexity index is 355. The van der Waals surface area contributed by atoms with Gasteiger partial charge < -0.3 is 4.98 Å². The average Bonchev–Trinajstić information content (AvgIpc) is 2.95. The first-order valence-corrected chi connectivity index (χ1v) is 5.83. The van der Waals surface area contributed by atoms with Crippen molar-refractivity contribution in [3.63, 3.8) is 0 Å². The fourth-order valence-corrected chi connectivity index (χ4v) is 2.23. The minimum absolute atomic E-state index is 0.142. The van der Waals surface area contributed by atoms with Crippen molar-refractivity contribution in [2.24, 2.45) is 5.84 Å². The molecule has 1 heterocycles. The summed E-state index contributed by atoms with van der Waals surface area (Å²) in [5.41, 5.74) is 3.14. The molecule has 5 heteroatoms. The number of hydrazine groups is 1. The zero-order valence-electron chi connectivity index (χ0n) is 9.33. The molecule has 1 amide bonds. The van der Waals surface area contributed by atoms with Crippen LogP contribution in [0.3, 0.4) is 0 Å². The number of hydrogen-bond acceptors (Lipinski definition) is 3. The molecule has 0 atom stereocenters. The molecule has 0 unspecified atom stereocenters. The predicted molar refractivity (Wildman–Crippen MR) is 60.4 cm³/mol. The second-order valence-corrected chi connectivity index (χ2v) is 4.34. The highest BCUT2D eigenvalue weighted by Gasteiger charge is 2.19. The summed E-state index contributed by atoms with van der Waals surface area (Å²) in [7, 11) is 0. The van der Waals surface area contributed by atoms with Crippen LogP contribution in [0.1, 0.15) is 49.5 Å². The number of aromatic nitrogens is 2. The van der Waals surface area contributed by atoms with Crippen molar-refractivity contribution in [1.82, 2.24) is 15.4 Å². The van der Waals surface area contributed by atoms with Crippen molar-refractivity contribution in [2.75, 3.05) is 0 Å². The number of carbonyl (C=O) groups excluding carboxylic acids is 1. The molecule has 5 nitrogen and oxygen atoms in total. The van der Waals surface area contributed by atoms with E-state index >= 15 is 0 Å². The topological polar surface area (TPSA) is 83.8 Å². The standard InChI is InChI=1S/C11H18N4O/c12-15-10(16)6-5-9-7-13-11(14-9)8-3-1-2-4-8/h7-8H,1-6,12H2,(H,13,14)(H,15,16). The highest BCUT2D eigenvalue weighted by atomic mass is 16.2. The molecule has 0 radical (unpaired) electrons. The zero-order valence-corrected chi connectivity index (χ0v) is 9.33. The molecule has 0 saturated heterocycles. The largest absolute Gasteiger partial charge is 0.346 e. The third-order valence-electron chi connectivity index (χ3n) is 3.17. The normalized spacial score (nSPS) is 16.6. The van der Waals surface area contributed by atoms with E-state index in [4.69, 9.17) is 5.84 Å². The van der Waals surface area contributed by atoms with Crippen LogP contribution in [0.2, 0.25) is 0 Å². The number of aromatic amines is 1. The molecule has 1 aliphatic carbocycles. The molecule has 1 aromatic heterocycles. The van der Waals surface area contributed by atoms with Crippen LogP contribution < -0.4 is 11.3 Å². The number of amides is 1. The van der Waals surface area contributed by atoms with Crippen LogP contribution in [0.15, 0.2) is 6.20 Å². The van der Waals surface area contributed by atoms with Gasteiger partial charge >= 0.3 is 0 Å². The maximum atomic E-state index is 11.0. The van der Waals surface area contributed by atoms with Gasteiger partial charge in [-0.1, -0.05) is 12.8 Å². The summed E-state index contributed by atoms with van der Waals surface area (Å²) in [5.74, 6) is 6.55. The van der Waals surface area contributed by atoms with Crippen LogP contribution in [0.5, 0.6) is 0 Å². The Balaban J connectivity index is 1.89. The lowest BCUT2D eigenvalue weighted by Crippen LogP contribution is -2.30. The maximum absolute atomic E-state index is 11.0. The first-order chi connectivity index (χ1) is 7.79. The Labute approximate surface area is 94.8 Å². The number of nitrogens with two attached hydrogens (primary N) is 1. The van der Waals surface area contributed by atoms with Gasteiger partial charge in [0, 0.05) is 24.2 Å². The van der Waals surface area contributed by atoms with Gasteiger partial charge in [-0.15, -0.1) is 0 Å². The van der Waals surface area contributed by atoms with Crippen LogP contribution in [0, 0.1) is 0 Å². The number of H-pyrrole nitrogens is 1. The van der Waals surface area contributed by atoms with Crippen molar-refractivity contribution < 1.29 is 4.79 Å². The van der Waals surface area contributed by atoms with Gasteiger partial charge in [-0.2, -0.15) is 0 Å². The molecule has 0 bridgehead atoms. The monoisotopic (exact) mass is 222 g/mol. The van der Waals surface area contributed by atoms with Crippen LogP contribution in [-0.4, -0.2) is 15.9 Å². The van der Waals surface area contributed by atoms with Gasteiger partial charge in [-0.25, -0.2) is 10.8 Å². The van der Waals surface area contributed by atoms with E-state index in [0.717, 1.165) is 11.5 Å². The fraction of sp³-hybridized carbons (Fsp3) is 0.636. The van der Waals surface area contributed by atoms with E-state index in [1.807, 2.05) is 6.20 Å². The molecule has 1 aromatic rings. The molecular formula is C11H18N4O. The Morgan fingerprint density at radius 2 is 2.31 bits per heavy atom. The van der Waals surface area contributed by atoms with E-state index in [0.29, 0.717) is 18.8 Å². The molecule has 1 aliphatic rings. The highest BCUT2D eigenvalue weighted by molar-refractivity contribution is 5.75. The van der Waals surface area contributed by atoms with Crippen LogP contribution >= 0.6 is 0 Å². The molecular weight excluding hydrogens is 204 g/mol. The molecule has 0 spiro atoms. The first kappa shape index (κ1) is 11.1. The van der Waals surface area contributed by atoms with Gasteiger partial charge in [0.25, 0.3) is 0 Å². The number of nitrogens with one attached hydrogen (secondary N) is 2. The van der Waals surface area contributed by atoms with Gasteiger partial charge in [-0.3, -0.25) is 10.2 Å². The predicted octanol–water partition coefficient (Wildman–Crippen LogP) is 0.990. The Kier molecular flexibility index (Phi) is 3.56. The lowest BCUT2D eigenvalue weighted by Gasteiger charge is -2.03. The molecule has 16 heavy (non-hydrogen) atoms. The first-order valence-electron chi connectivity index (χ1n) is 5.83. The third-order valence-corrected chi connectivity index (χ3v) is 3.17. The minimum Gasteiger partial charge on any atom is -0.346 e. The fourth-order valence-electron chi connectivity index (χ4n) is 2.23. The summed E-state index contributed by atoms with van der Waals surface area (Å²) < 4.78 is 0. The van der Waals surface area contributed by atoms with E-state index < -0.39 is 0 Å². The molecule has 1 saturated carbocycles. The number of imidazole rings is 1. The average molecular weight is 222 g/mol. The number of hydrogen-bond donors (Lipinski definition) is 3. The Morgan fingerprint density at radius 1 is 1.56 bits per heavy atom. The summed E-state index contributed by atoms with van der Waals surface area (Å²) in [4.78, 5) is 18.7. The van der Waals surface area contributed by atoms with Gasteiger partial charge in [0.15, 0.2) is 0 Å². The van der Waals surface area contributed by atoms with E-state index in [-0.39, 0.29) is 5.91 Å². The van der Waals surface area contributed by atoms with Crippen LogP contribution in [0.4, 0.5) is 0 Å². The highest BCUT2D eigenvalue weighted by Crippen LogP contribution is 2.32. The summed E-state index contributed by atoms with van der Waals surface area (Å²) in [6.07, 6.45) is 7.97. The van der Waals surface area contributed by atoms with Crippen molar-refractivity contribution in [1.29, 1.82) is 0 Å². The van der Waals surface area contributed by atoms with Gasteiger partial charge in [-0.05, 0) is 19.3 Å². The summed E-state index contributed by atoms with van der Waals surface area (Å²) in [6.45, 7) is 0. The molecule has 88 valence electrons. The molecule has 0 aromatic carbocycles. The summed E-state index contributed by atoms with van der Waals surface area (Å²) in [6, 6.07) is 0. The number of aryl methyl sites for hydroxylation is 1. The van der Waals surface area contributed by atoms with Crippen LogP contribution in [0.25, 0.3) is 0 Å². The lowest BCUT2D eigenvalue weighted by molar-refractivity contribution is -0.121. The maximum Gasteiger partial charge on any atom is 0.234 e. The number of rotatable bonds is 4. The smallest absolute Gasteiger partial charge is 0.234 e. The van der Waals surface area contributed by atoms with Crippen molar-refractivity contribution in [3.8, 4) is 0 Å². The third kappa shape index (κ3) is 2.61. The van der Waals surface area contributed by atoms with E-state index in [1.165, 1.54) is 25.7 Å². The SMILES string of the molecule is NNC(=O)CCc1cnc(C2CCCC2)[nH]1. The lowest BCUT2D eigenvalue weighted by atomic mass is 10.1. The second-order valence-electron chi connectivity index (χ2n) is 4.34. The number of carbonyl (C=O) groups is 1. The van der Waals surface area contributed by atoms with E-state index in [2.05, 4.69) is 15.4 Å². The quantitative estimate of drug-likeness (QED) is 0.403. The minimum atomic E-state index is -0.142. The van der Waals surface area contributed by atoms with E-state index in [9.17, 15) is 4.79 Å². The van der Waals surface area contributed by atoms with Crippen molar-refractivity contribution >= 4 is 5.91 Å². The Hall–Kier alpha value is -1.36. The van der Waals surface area contributed by atoms with Crippen LogP contribution in [-0.2, 0) is 11.2 Å². The second kappa shape index (κ2) is 5.12. The number of nitrogens with zero attached hydrogens (tertiary/aromatic N) is 1. The van der Waals surface area contributed by atoms with Gasteiger partial charge in [0.1, 0.15) is 5.82 Å². The molecule has 1 fully saturated rings. The molecule has 4 N–H and O–H groups in total.